The number of nitrogens with zero attached hydrogens (tertiary/aromatic N) is 2. The Hall–Kier alpha value is -1.89. The van der Waals surface area contributed by atoms with Gasteiger partial charge in [-0.2, -0.15) is 5.10 Å². The Morgan fingerprint density at radius 1 is 1.28 bits per heavy atom. The number of hydrogen-bond acceptors (Lipinski definition) is 4. The molecule has 0 saturated heterocycles. The average molecular weight is 252 g/mol. The van der Waals surface area contributed by atoms with Crippen LogP contribution in [0.1, 0.15) is 19.5 Å². The number of ether oxygens (including phenoxy) is 1. The fourth-order valence-electron chi connectivity index (χ4n) is 1.89. The van der Waals surface area contributed by atoms with Gasteiger partial charge in [0.25, 0.3) is 5.56 Å². The molecule has 0 aliphatic heterocycles. The van der Waals surface area contributed by atoms with Gasteiger partial charge in [0.2, 0.25) is 0 Å². The third-order valence-electron chi connectivity index (χ3n) is 2.69. The molecule has 0 amide bonds. The summed E-state index contributed by atoms with van der Waals surface area (Å²) >= 11 is 0. The van der Waals surface area contributed by atoms with E-state index in [4.69, 9.17) is 4.74 Å². The van der Waals surface area contributed by atoms with Gasteiger partial charge in [-0.25, -0.2) is 4.79 Å². The molecule has 0 spiro atoms. The number of nitrogens with one attached hydrogen (secondary N) is 2. The van der Waals surface area contributed by atoms with E-state index in [0.29, 0.717) is 42.9 Å². The average Bonchev–Trinajstić information content (AvgIpc) is 2.67. The number of aromatic amines is 2. The fourth-order valence-corrected chi connectivity index (χ4v) is 1.89. The number of fused-ring (bicyclic) bond motifs is 1. The first-order chi connectivity index (χ1) is 8.67. The smallest absolute Gasteiger partial charge is 0.326 e. The molecule has 0 aliphatic carbocycles. The first-order valence-electron chi connectivity index (χ1n) is 5.97. The molecule has 7 heteroatoms. The first kappa shape index (κ1) is 12.6. The van der Waals surface area contributed by atoms with E-state index in [1.165, 1.54) is 0 Å². The highest BCUT2D eigenvalue weighted by Crippen LogP contribution is 2.11. The third kappa shape index (κ3) is 2.21. The largest absolute Gasteiger partial charge is 0.380 e. The number of aromatic nitrogens is 4. The lowest BCUT2D eigenvalue weighted by Crippen LogP contribution is -2.24. The van der Waals surface area contributed by atoms with Crippen LogP contribution >= 0.6 is 0 Å². The molecule has 2 aromatic rings. The molecule has 18 heavy (non-hydrogen) atoms. The second-order valence-electron chi connectivity index (χ2n) is 3.85. The summed E-state index contributed by atoms with van der Waals surface area (Å²) in [4.78, 5) is 27.9. The standard InChI is InChI=1S/C11H16N4O3/c1-3-7-8-9(10(16)13-11(17)12-8)15(14-7)5-6-18-4-2/h3-6H2,1-2H3,(H2,12,13,16,17). The van der Waals surface area contributed by atoms with Gasteiger partial charge < -0.3 is 9.72 Å². The van der Waals surface area contributed by atoms with Gasteiger partial charge in [-0.1, -0.05) is 6.92 Å². The molecule has 2 heterocycles. The van der Waals surface area contributed by atoms with E-state index in [1.807, 2.05) is 13.8 Å². The molecule has 0 fully saturated rings. The predicted molar refractivity (Wildman–Crippen MR) is 66.8 cm³/mol. The van der Waals surface area contributed by atoms with Gasteiger partial charge in [0, 0.05) is 6.61 Å². The van der Waals surface area contributed by atoms with Gasteiger partial charge in [-0.15, -0.1) is 0 Å². The number of aryl methyl sites for hydroxylation is 1. The van der Waals surface area contributed by atoms with E-state index in [0.717, 1.165) is 0 Å². The molecule has 7 nitrogen and oxygen atoms in total. The minimum atomic E-state index is -0.508. The maximum atomic E-state index is 11.8. The summed E-state index contributed by atoms with van der Waals surface area (Å²) in [5.41, 5.74) is 0.697. The topological polar surface area (TPSA) is 92.8 Å². The van der Waals surface area contributed by atoms with Crippen molar-refractivity contribution in [3.05, 3.63) is 26.5 Å². The molecule has 0 atom stereocenters. The van der Waals surface area contributed by atoms with E-state index in [1.54, 1.807) is 4.68 Å². The van der Waals surface area contributed by atoms with Crippen LogP contribution in [0.4, 0.5) is 0 Å². The normalized spacial score (nSPS) is 11.2. The molecule has 2 aromatic heterocycles. The van der Waals surface area contributed by atoms with Crippen LogP contribution in [0.15, 0.2) is 9.59 Å². The Morgan fingerprint density at radius 3 is 2.72 bits per heavy atom. The molecule has 0 aromatic carbocycles. The molecular formula is C11H16N4O3. The number of hydrogen-bond donors (Lipinski definition) is 2. The van der Waals surface area contributed by atoms with Crippen LogP contribution < -0.4 is 11.2 Å². The van der Waals surface area contributed by atoms with Crippen molar-refractivity contribution in [3.8, 4) is 0 Å². The van der Waals surface area contributed by atoms with Gasteiger partial charge in [-0.05, 0) is 13.3 Å². The highest BCUT2D eigenvalue weighted by molar-refractivity contribution is 5.76. The lowest BCUT2D eigenvalue weighted by Gasteiger charge is -2.02. The maximum absolute atomic E-state index is 11.8. The zero-order chi connectivity index (χ0) is 13.1. The Morgan fingerprint density at radius 2 is 2.06 bits per heavy atom. The summed E-state index contributed by atoms with van der Waals surface area (Å²) in [6.07, 6.45) is 0.650. The molecule has 0 unspecified atom stereocenters. The summed E-state index contributed by atoms with van der Waals surface area (Å²) in [5, 5.41) is 4.33. The molecule has 2 N–H and O–H groups in total. The van der Waals surface area contributed by atoms with Crippen LogP contribution in [0.2, 0.25) is 0 Å². The van der Waals surface area contributed by atoms with Crippen LogP contribution in [-0.2, 0) is 17.7 Å². The molecule has 2 rings (SSSR count). The van der Waals surface area contributed by atoms with Crippen LogP contribution in [-0.4, -0.2) is 33.0 Å². The SMILES string of the molecule is CCOCCn1nc(CC)c2[nH]c(=O)[nH]c(=O)c21. The van der Waals surface area contributed by atoms with Crippen molar-refractivity contribution in [2.45, 2.75) is 26.8 Å². The van der Waals surface area contributed by atoms with Gasteiger partial charge in [0.1, 0.15) is 0 Å². The monoisotopic (exact) mass is 252 g/mol. The minimum Gasteiger partial charge on any atom is -0.380 e. The zero-order valence-corrected chi connectivity index (χ0v) is 10.4. The van der Waals surface area contributed by atoms with Gasteiger partial charge in [-0.3, -0.25) is 14.5 Å². The summed E-state index contributed by atoms with van der Waals surface area (Å²) in [6.45, 7) is 5.42. The Labute approximate surface area is 103 Å². The zero-order valence-electron chi connectivity index (χ0n) is 10.4. The van der Waals surface area contributed by atoms with E-state index in [-0.39, 0.29) is 0 Å². The lowest BCUT2D eigenvalue weighted by molar-refractivity contribution is 0.137. The fraction of sp³-hybridized carbons (Fsp3) is 0.545. The number of rotatable bonds is 5. The van der Waals surface area contributed by atoms with Crippen molar-refractivity contribution < 1.29 is 4.74 Å². The third-order valence-corrected chi connectivity index (χ3v) is 2.69. The minimum absolute atomic E-state index is 0.395. The summed E-state index contributed by atoms with van der Waals surface area (Å²) in [5.74, 6) is 0. The molecule has 0 radical (unpaired) electrons. The van der Waals surface area contributed by atoms with Crippen LogP contribution in [0.3, 0.4) is 0 Å². The molecular weight excluding hydrogens is 236 g/mol. The highest BCUT2D eigenvalue weighted by atomic mass is 16.5. The number of H-pyrrole nitrogens is 2. The van der Waals surface area contributed by atoms with Crippen LogP contribution in [0, 0.1) is 0 Å². The van der Waals surface area contributed by atoms with E-state index < -0.39 is 11.2 Å². The van der Waals surface area contributed by atoms with Crippen molar-refractivity contribution in [2.75, 3.05) is 13.2 Å². The Balaban J connectivity index is 2.53. The summed E-state index contributed by atoms with van der Waals surface area (Å²) < 4.78 is 6.83. The Bertz CT molecular complexity index is 652. The van der Waals surface area contributed by atoms with Crippen molar-refractivity contribution in [3.63, 3.8) is 0 Å². The van der Waals surface area contributed by atoms with Crippen molar-refractivity contribution in [1.29, 1.82) is 0 Å². The van der Waals surface area contributed by atoms with Crippen molar-refractivity contribution >= 4 is 11.0 Å². The first-order valence-corrected chi connectivity index (χ1v) is 5.97. The molecule has 0 bridgehead atoms. The maximum Gasteiger partial charge on any atom is 0.326 e. The molecule has 0 saturated carbocycles. The molecule has 98 valence electrons. The van der Waals surface area contributed by atoms with Gasteiger partial charge in [0.15, 0.2) is 5.52 Å². The second kappa shape index (κ2) is 5.18. The quantitative estimate of drug-likeness (QED) is 0.733. The van der Waals surface area contributed by atoms with Crippen LogP contribution in [0.5, 0.6) is 0 Å². The second-order valence-corrected chi connectivity index (χ2v) is 3.85. The lowest BCUT2D eigenvalue weighted by atomic mass is 10.3. The van der Waals surface area contributed by atoms with E-state index in [9.17, 15) is 9.59 Å². The summed E-state index contributed by atoms with van der Waals surface area (Å²) in [6, 6.07) is 0. The van der Waals surface area contributed by atoms with Gasteiger partial charge >= 0.3 is 5.69 Å². The van der Waals surface area contributed by atoms with E-state index in [2.05, 4.69) is 15.1 Å². The Kier molecular flexibility index (Phi) is 3.61. The summed E-state index contributed by atoms with van der Waals surface area (Å²) in [7, 11) is 0. The predicted octanol–water partition coefficient (Wildman–Crippen LogP) is 0.0118. The van der Waals surface area contributed by atoms with E-state index >= 15 is 0 Å². The molecule has 0 aliphatic rings. The van der Waals surface area contributed by atoms with Gasteiger partial charge in [0.05, 0.1) is 24.4 Å². The van der Waals surface area contributed by atoms with Crippen molar-refractivity contribution in [2.24, 2.45) is 0 Å². The van der Waals surface area contributed by atoms with Crippen LogP contribution in [0.25, 0.3) is 11.0 Å². The highest BCUT2D eigenvalue weighted by Gasteiger charge is 2.13. The van der Waals surface area contributed by atoms with Crippen molar-refractivity contribution in [1.82, 2.24) is 19.7 Å².